The van der Waals surface area contributed by atoms with Crippen LogP contribution in [0.4, 0.5) is 0 Å². The molecule has 0 radical (unpaired) electrons. The number of hydrogen-bond donors (Lipinski definition) is 3. The standard InChI is InChI=1S/C10H22N2O2S/c1-7(13)8(2)15-6-5-10(3,12-4)9(11)14/h7-8,12-13H,5-6H2,1-4H3,(H2,11,14). The zero-order chi connectivity index (χ0) is 12.1. The van der Waals surface area contributed by atoms with Gasteiger partial charge in [0.25, 0.3) is 0 Å². The van der Waals surface area contributed by atoms with E-state index < -0.39 is 5.54 Å². The number of aliphatic hydroxyl groups is 1. The first kappa shape index (κ1) is 14.7. The van der Waals surface area contributed by atoms with E-state index in [9.17, 15) is 9.90 Å². The van der Waals surface area contributed by atoms with Crippen molar-refractivity contribution in [1.29, 1.82) is 0 Å². The number of amides is 1. The molecule has 4 N–H and O–H groups in total. The third-order valence-corrected chi connectivity index (χ3v) is 4.12. The molecule has 0 aromatic rings. The van der Waals surface area contributed by atoms with Gasteiger partial charge in [0.05, 0.1) is 11.6 Å². The third-order valence-electron chi connectivity index (χ3n) is 2.76. The van der Waals surface area contributed by atoms with E-state index in [1.165, 1.54) is 0 Å². The SMILES string of the molecule is CNC(C)(CCSC(C)C(C)O)C(N)=O. The number of thioether (sulfide) groups is 1. The van der Waals surface area contributed by atoms with Gasteiger partial charge in [-0.15, -0.1) is 0 Å². The van der Waals surface area contributed by atoms with Gasteiger partial charge in [-0.1, -0.05) is 6.92 Å². The van der Waals surface area contributed by atoms with Crippen LogP contribution in [-0.2, 0) is 4.79 Å². The number of likely N-dealkylation sites (N-methyl/N-ethyl adjacent to an activating group) is 1. The Labute approximate surface area is 96.0 Å². The molecule has 0 aliphatic heterocycles. The van der Waals surface area contributed by atoms with Crippen molar-refractivity contribution in [3.63, 3.8) is 0 Å². The molecule has 0 rings (SSSR count). The highest BCUT2D eigenvalue weighted by Gasteiger charge is 2.28. The highest BCUT2D eigenvalue weighted by atomic mass is 32.2. The molecule has 0 fully saturated rings. The minimum atomic E-state index is -0.647. The number of hydrogen-bond acceptors (Lipinski definition) is 4. The number of carbonyl (C=O) groups excluding carboxylic acids is 1. The molecule has 1 amide bonds. The molecular weight excluding hydrogens is 212 g/mol. The Morgan fingerprint density at radius 1 is 1.60 bits per heavy atom. The van der Waals surface area contributed by atoms with E-state index in [1.807, 2.05) is 6.92 Å². The minimum absolute atomic E-state index is 0.180. The monoisotopic (exact) mass is 234 g/mol. The van der Waals surface area contributed by atoms with Crippen LogP contribution in [0.2, 0.25) is 0 Å². The molecular formula is C10H22N2O2S. The van der Waals surface area contributed by atoms with E-state index in [0.29, 0.717) is 6.42 Å². The largest absolute Gasteiger partial charge is 0.392 e. The molecule has 4 nitrogen and oxygen atoms in total. The maximum atomic E-state index is 11.2. The smallest absolute Gasteiger partial charge is 0.237 e. The van der Waals surface area contributed by atoms with E-state index in [-0.39, 0.29) is 17.3 Å². The fourth-order valence-corrected chi connectivity index (χ4v) is 2.14. The van der Waals surface area contributed by atoms with Crippen molar-refractivity contribution in [3.05, 3.63) is 0 Å². The number of primary amides is 1. The average Bonchev–Trinajstić information content (AvgIpc) is 2.16. The van der Waals surface area contributed by atoms with Gasteiger partial charge in [0.1, 0.15) is 0 Å². The van der Waals surface area contributed by atoms with Crippen molar-refractivity contribution < 1.29 is 9.90 Å². The second kappa shape index (κ2) is 6.35. The van der Waals surface area contributed by atoms with Gasteiger partial charge in [0.15, 0.2) is 0 Å². The molecule has 0 aliphatic carbocycles. The van der Waals surface area contributed by atoms with Gasteiger partial charge < -0.3 is 16.2 Å². The number of nitrogens with one attached hydrogen (secondary N) is 1. The molecule has 0 heterocycles. The molecule has 90 valence electrons. The van der Waals surface area contributed by atoms with Crippen LogP contribution in [0.3, 0.4) is 0 Å². The lowest BCUT2D eigenvalue weighted by Gasteiger charge is -2.26. The number of carbonyl (C=O) groups is 1. The highest BCUT2D eigenvalue weighted by molar-refractivity contribution is 7.99. The summed E-state index contributed by atoms with van der Waals surface area (Å²) < 4.78 is 0. The van der Waals surface area contributed by atoms with Crippen molar-refractivity contribution in [1.82, 2.24) is 5.32 Å². The summed E-state index contributed by atoms with van der Waals surface area (Å²) in [6.45, 7) is 5.53. The molecule has 3 unspecified atom stereocenters. The molecule has 0 aromatic carbocycles. The van der Waals surface area contributed by atoms with Gasteiger partial charge in [-0.25, -0.2) is 0 Å². The second-order valence-electron chi connectivity index (χ2n) is 4.01. The summed E-state index contributed by atoms with van der Waals surface area (Å²) in [5.41, 5.74) is 4.65. The summed E-state index contributed by atoms with van der Waals surface area (Å²) in [6.07, 6.45) is 0.338. The molecule has 0 spiro atoms. The van der Waals surface area contributed by atoms with Crippen LogP contribution in [0.1, 0.15) is 27.2 Å². The fourth-order valence-electron chi connectivity index (χ4n) is 0.960. The van der Waals surface area contributed by atoms with E-state index >= 15 is 0 Å². The van der Waals surface area contributed by atoms with E-state index in [0.717, 1.165) is 5.75 Å². The highest BCUT2D eigenvalue weighted by Crippen LogP contribution is 2.19. The Morgan fingerprint density at radius 2 is 2.13 bits per heavy atom. The molecule has 0 aromatic heterocycles. The van der Waals surface area contributed by atoms with Crippen LogP contribution in [0.25, 0.3) is 0 Å². The number of rotatable bonds is 7. The first-order valence-electron chi connectivity index (χ1n) is 5.12. The normalized spacial score (nSPS) is 19.3. The molecule has 15 heavy (non-hydrogen) atoms. The van der Waals surface area contributed by atoms with Crippen molar-refractivity contribution in [2.24, 2.45) is 5.73 Å². The first-order valence-corrected chi connectivity index (χ1v) is 6.17. The summed E-state index contributed by atoms with van der Waals surface area (Å²) in [5, 5.41) is 12.4. The van der Waals surface area contributed by atoms with Crippen molar-refractivity contribution >= 4 is 17.7 Å². The minimum Gasteiger partial charge on any atom is -0.392 e. The Kier molecular flexibility index (Phi) is 6.24. The van der Waals surface area contributed by atoms with E-state index in [1.54, 1.807) is 32.7 Å². The van der Waals surface area contributed by atoms with Crippen molar-refractivity contribution in [2.45, 2.75) is 44.1 Å². The van der Waals surface area contributed by atoms with Crippen LogP contribution in [0.15, 0.2) is 0 Å². The molecule has 0 bridgehead atoms. The summed E-state index contributed by atoms with van der Waals surface area (Å²) >= 11 is 1.65. The molecule has 0 saturated carbocycles. The third kappa shape index (κ3) is 4.86. The zero-order valence-corrected chi connectivity index (χ0v) is 10.7. The van der Waals surface area contributed by atoms with Gasteiger partial charge in [0.2, 0.25) is 5.91 Å². The van der Waals surface area contributed by atoms with Crippen LogP contribution in [-0.4, -0.2) is 40.7 Å². The van der Waals surface area contributed by atoms with Crippen molar-refractivity contribution in [3.8, 4) is 0 Å². The Morgan fingerprint density at radius 3 is 2.47 bits per heavy atom. The number of aliphatic hydroxyl groups excluding tert-OH is 1. The molecule has 0 aliphatic rings. The lowest BCUT2D eigenvalue weighted by Crippen LogP contribution is -2.51. The van der Waals surface area contributed by atoms with E-state index in [2.05, 4.69) is 5.32 Å². The topological polar surface area (TPSA) is 75.3 Å². The van der Waals surface area contributed by atoms with Crippen LogP contribution < -0.4 is 11.1 Å². The first-order chi connectivity index (χ1) is 6.83. The van der Waals surface area contributed by atoms with Gasteiger partial charge in [-0.05, 0) is 33.1 Å². The van der Waals surface area contributed by atoms with Crippen LogP contribution >= 0.6 is 11.8 Å². The maximum absolute atomic E-state index is 11.2. The maximum Gasteiger partial charge on any atom is 0.237 e. The predicted octanol–water partition coefficient (Wildman–Crippen LogP) is 0.342. The molecule has 5 heteroatoms. The average molecular weight is 234 g/mol. The van der Waals surface area contributed by atoms with Gasteiger partial charge >= 0.3 is 0 Å². The van der Waals surface area contributed by atoms with Crippen molar-refractivity contribution in [2.75, 3.05) is 12.8 Å². The quantitative estimate of drug-likeness (QED) is 0.594. The number of nitrogens with two attached hydrogens (primary N) is 1. The van der Waals surface area contributed by atoms with Crippen LogP contribution in [0, 0.1) is 0 Å². The summed E-state index contributed by atoms with van der Waals surface area (Å²) in [5.74, 6) is 0.460. The van der Waals surface area contributed by atoms with Gasteiger partial charge in [-0.2, -0.15) is 11.8 Å². The Balaban J connectivity index is 3.98. The predicted molar refractivity (Wildman–Crippen MR) is 64.9 cm³/mol. The van der Waals surface area contributed by atoms with Gasteiger partial charge in [-0.3, -0.25) is 4.79 Å². The Bertz CT molecular complexity index is 212. The second-order valence-corrected chi connectivity index (χ2v) is 5.50. The van der Waals surface area contributed by atoms with Gasteiger partial charge in [0, 0.05) is 5.25 Å². The molecule has 0 saturated heterocycles. The Hall–Kier alpha value is -0.260. The summed E-state index contributed by atoms with van der Waals surface area (Å²) in [7, 11) is 1.73. The zero-order valence-electron chi connectivity index (χ0n) is 9.91. The lowest BCUT2D eigenvalue weighted by molar-refractivity contribution is -0.123. The lowest BCUT2D eigenvalue weighted by atomic mass is 9.99. The fraction of sp³-hybridized carbons (Fsp3) is 0.900. The summed E-state index contributed by atoms with van der Waals surface area (Å²) in [6, 6.07) is 0. The van der Waals surface area contributed by atoms with E-state index in [4.69, 9.17) is 5.73 Å². The van der Waals surface area contributed by atoms with Crippen LogP contribution in [0.5, 0.6) is 0 Å². The molecule has 3 atom stereocenters. The summed E-state index contributed by atoms with van der Waals surface area (Å²) in [4.78, 5) is 11.2.